The second-order valence-electron chi connectivity index (χ2n) is 8.15. The molecule has 12 heteroatoms. The quantitative estimate of drug-likeness (QED) is 0.424. The first-order valence-electron chi connectivity index (χ1n) is 10.6. The van der Waals surface area contributed by atoms with Crippen LogP contribution in [-0.2, 0) is 31.8 Å². The van der Waals surface area contributed by atoms with Crippen LogP contribution in [0.2, 0.25) is 0 Å². The van der Waals surface area contributed by atoms with Crippen molar-refractivity contribution in [3.05, 3.63) is 41.5 Å². The van der Waals surface area contributed by atoms with E-state index < -0.39 is 19.7 Å². The van der Waals surface area contributed by atoms with E-state index in [9.17, 15) is 16.8 Å². The van der Waals surface area contributed by atoms with Crippen LogP contribution in [0.3, 0.4) is 0 Å². The molecule has 0 spiro atoms. The fourth-order valence-electron chi connectivity index (χ4n) is 3.46. The number of aromatic nitrogens is 4. The maximum Gasteiger partial charge on any atom is 0.252 e. The van der Waals surface area contributed by atoms with Gasteiger partial charge < -0.3 is 5.32 Å². The number of nitrogens with zero attached hydrogens (tertiary/aromatic N) is 5. The van der Waals surface area contributed by atoms with E-state index in [0.717, 1.165) is 19.1 Å². The highest BCUT2D eigenvalue weighted by molar-refractivity contribution is 7.90. The molecule has 1 fully saturated rings. The van der Waals surface area contributed by atoms with Gasteiger partial charge in [-0.15, -0.1) is 0 Å². The molecule has 0 amide bonds. The zero-order valence-electron chi connectivity index (χ0n) is 18.1. The first-order valence-corrected chi connectivity index (χ1v) is 14.1. The summed E-state index contributed by atoms with van der Waals surface area (Å²) in [6.45, 7) is 0. The Balaban J connectivity index is 1.85. The Labute approximate surface area is 192 Å². The molecular formula is C21H24N6O4S2. The highest BCUT2D eigenvalue weighted by Gasteiger charge is 2.30. The minimum Gasteiger partial charge on any atom is -0.351 e. The van der Waals surface area contributed by atoms with Crippen LogP contribution >= 0.6 is 0 Å². The Kier molecular flexibility index (Phi) is 6.36. The number of sulfone groups is 2. The van der Waals surface area contributed by atoms with E-state index in [2.05, 4.69) is 26.5 Å². The molecule has 2 heterocycles. The molecule has 33 heavy (non-hydrogen) atoms. The minimum absolute atomic E-state index is 0.123. The van der Waals surface area contributed by atoms with Gasteiger partial charge in [0.15, 0.2) is 20.5 Å². The van der Waals surface area contributed by atoms with Crippen LogP contribution in [0.4, 0.5) is 5.95 Å². The van der Waals surface area contributed by atoms with E-state index in [0.29, 0.717) is 36.8 Å². The normalized spacial score (nSPS) is 14.3. The zero-order chi connectivity index (χ0) is 23.6. The largest absolute Gasteiger partial charge is 0.351 e. The Bertz CT molecular complexity index is 1420. The summed E-state index contributed by atoms with van der Waals surface area (Å²) in [6, 6.07) is 10.9. The summed E-state index contributed by atoms with van der Waals surface area (Å²) in [7, 11) is -7.62. The van der Waals surface area contributed by atoms with Crippen molar-refractivity contribution in [2.45, 2.75) is 60.5 Å². The van der Waals surface area contributed by atoms with Crippen molar-refractivity contribution in [3.63, 3.8) is 0 Å². The first-order chi connectivity index (χ1) is 15.7. The number of nitrogens with one attached hydrogen (secondary N) is 1. The highest BCUT2D eigenvalue weighted by atomic mass is 32.2. The fraction of sp³-hybridized carbons (Fsp3) is 0.429. The molecule has 0 aliphatic heterocycles. The number of fused-ring (bicyclic) bond motifs is 1. The van der Waals surface area contributed by atoms with E-state index in [1.165, 1.54) is 4.52 Å². The Morgan fingerprint density at radius 3 is 2.48 bits per heavy atom. The van der Waals surface area contributed by atoms with Gasteiger partial charge in [-0.05, 0) is 37.7 Å². The predicted molar refractivity (Wildman–Crippen MR) is 121 cm³/mol. The van der Waals surface area contributed by atoms with Gasteiger partial charge in [-0.25, -0.2) is 16.8 Å². The van der Waals surface area contributed by atoms with Gasteiger partial charge in [0, 0.05) is 24.3 Å². The summed E-state index contributed by atoms with van der Waals surface area (Å²) in [5, 5.41) is 15.7. The maximum absolute atomic E-state index is 13.2. The Morgan fingerprint density at radius 1 is 1.12 bits per heavy atom. The summed E-state index contributed by atoms with van der Waals surface area (Å²) < 4.78 is 52.6. The molecular weight excluding hydrogens is 464 g/mol. The average Bonchev–Trinajstić information content (AvgIpc) is 3.49. The maximum atomic E-state index is 13.2. The molecule has 1 aliphatic carbocycles. The molecule has 1 N–H and O–H groups in total. The van der Waals surface area contributed by atoms with Crippen LogP contribution in [0.5, 0.6) is 0 Å². The molecule has 0 bridgehead atoms. The molecule has 0 unspecified atom stereocenters. The third-order valence-corrected chi connectivity index (χ3v) is 7.71. The standard InChI is InChI=1S/C21H24N6O4S2/c1-32(28,29)19-17(10-6-3-7-13-22)18-24-21(25-20(27(18)26-19)23-16-11-12-16)33(30,31)14-15-8-4-2-5-9-15/h2,4-5,8-9,16H,3,6-7,10-12,14H2,1H3,(H,23,24,25). The average molecular weight is 489 g/mol. The molecule has 1 aliphatic rings. The van der Waals surface area contributed by atoms with Gasteiger partial charge in [-0.2, -0.15) is 24.8 Å². The lowest BCUT2D eigenvalue weighted by molar-refractivity contribution is 0.584. The molecule has 3 aromatic rings. The number of aryl methyl sites for hydroxylation is 1. The summed E-state index contributed by atoms with van der Waals surface area (Å²) in [4.78, 5) is 8.54. The van der Waals surface area contributed by atoms with Crippen LogP contribution in [-0.4, -0.2) is 48.7 Å². The third kappa shape index (κ3) is 5.31. The van der Waals surface area contributed by atoms with Gasteiger partial charge in [-0.1, -0.05) is 30.3 Å². The Morgan fingerprint density at radius 2 is 1.85 bits per heavy atom. The van der Waals surface area contributed by atoms with Gasteiger partial charge in [0.25, 0.3) is 5.16 Å². The van der Waals surface area contributed by atoms with Crippen LogP contribution in [0, 0.1) is 11.3 Å². The molecule has 0 saturated heterocycles. The fourth-order valence-corrected chi connectivity index (χ4v) is 5.54. The van der Waals surface area contributed by atoms with Crippen LogP contribution in [0.1, 0.15) is 43.2 Å². The minimum atomic E-state index is -3.91. The van der Waals surface area contributed by atoms with Crippen LogP contribution in [0.25, 0.3) is 5.65 Å². The van der Waals surface area contributed by atoms with Gasteiger partial charge >= 0.3 is 0 Å². The number of anilines is 1. The monoisotopic (exact) mass is 488 g/mol. The van der Waals surface area contributed by atoms with Crippen LogP contribution in [0.15, 0.2) is 40.5 Å². The third-order valence-electron chi connectivity index (χ3n) is 5.23. The summed E-state index contributed by atoms with van der Waals surface area (Å²) in [5.74, 6) is -0.125. The zero-order valence-corrected chi connectivity index (χ0v) is 19.7. The molecule has 0 atom stereocenters. The van der Waals surface area contributed by atoms with Gasteiger partial charge in [0.05, 0.1) is 11.8 Å². The number of rotatable bonds is 10. The van der Waals surface area contributed by atoms with Gasteiger partial charge in [0.2, 0.25) is 15.8 Å². The lowest BCUT2D eigenvalue weighted by Gasteiger charge is -2.10. The highest BCUT2D eigenvalue weighted by Crippen LogP contribution is 2.28. The molecule has 10 nitrogen and oxygen atoms in total. The number of hydrogen-bond donors (Lipinski definition) is 1. The predicted octanol–water partition coefficient (Wildman–Crippen LogP) is 2.31. The molecule has 174 valence electrons. The van der Waals surface area contributed by atoms with E-state index >= 15 is 0 Å². The number of nitriles is 1. The first kappa shape index (κ1) is 23.1. The molecule has 4 rings (SSSR count). The van der Waals surface area contributed by atoms with Gasteiger partial charge in [-0.3, -0.25) is 0 Å². The van der Waals surface area contributed by atoms with Crippen molar-refractivity contribution in [2.24, 2.45) is 0 Å². The van der Waals surface area contributed by atoms with Crippen LogP contribution < -0.4 is 5.32 Å². The van der Waals surface area contributed by atoms with Gasteiger partial charge in [0.1, 0.15) is 0 Å². The van der Waals surface area contributed by atoms with Crippen molar-refractivity contribution in [1.29, 1.82) is 5.26 Å². The second kappa shape index (κ2) is 9.07. The van der Waals surface area contributed by atoms with Crippen molar-refractivity contribution in [3.8, 4) is 6.07 Å². The molecule has 1 saturated carbocycles. The van der Waals surface area contributed by atoms with Crippen molar-refractivity contribution in [1.82, 2.24) is 19.6 Å². The number of unbranched alkanes of at least 4 members (excludes halogenated alkanes) is 2. The smallest absolute Gasteiger partial charge is 0.252 e. The van der Waals surface area contributed by atoms with E-state index in [4.69, 9.17) is 5.26 Å². The topological polar surface area (TPSA) is 147 Å². The van der Waals surface area contributed by atoms with Crippen molar-refractivity contribution >= 4 is 31.3 Å². The summed E-state index contributed by atoms with van der Waals surface area (Å²) in [6.07, 6.45) is 4.62. The van der Waals surface area contributed by atoms with Crippen molar-refractivity contribution < 1.29 is 16.8 Å². The lowest BCUT2D eigenvalue weighted by Crippen LogP contribution is -2.16. The lowest BCUT2D eigenvalue weighted by atomic mass is 10.1. The molecule has 2 aromatic heterocycles. The molecule has 1 aromatic carbocycles. The summed E-state index contributed by atoms with van der Waals surface area (Å²) >= 11 is 0. The van der Waals surface area contributed by atoms with E-state index in [1.807, 2.05) is 0 Å². The number of hydrogen-bond acceptors (Lipinski definition) is 9. The Hall–Kier alpha value is -3.04. The molecule has 0 radical (unpaired) electrons. The number of benzene rings is 1. The summed E-state index contributed by atoms with van der Waals surface area (Å²) in [5.41, 5.74) is 1.09. The second-order valence-corrected chi connectivity index (χ2v) is 12.0. The van der Waals surface area contributed by atoms with E-state index in [1.54, 1.807) is 30.3 Å². The van der Waals surface area contributed by atoms with Crippen molar-refractivity contribution in [2.75, 3.05) is 11.6 Å². The SMILES string of the molecule is CS(=O)(=O)c1nn2c(NC3CC3)nc(S(=O)(=O)Cc3ccccc3)nc2c1CCCCC#N. The van der Waals surface area contributed by atoms with E-state index in [-0.39, 0.29) is 33.6 Å².